The van der Waals surface area contributed by atoms with E-state index < -0.39 is 4.92 Å². The van der Waals surface area contributed by atoms with Crippen LogP contribution in [0.4, 0.5) is 23.1 Å². The molecular formula is C21H27ClN6O3. The topological polar surface area (TPSA) is 113 Å². The van der Waals surface area contributed by atoms with Crippen molar-refractivity contribution in [1.82, 2.24) is 15.3 Å². The Labute approximate surface area is 186 Å². The van der Waals surface area contributed by atoms with Crippen molar-refractivity contribution < 1.29 is 9.72 Å². The summed E-state index contributed by atoms with van der Waals surface area (Å²) in [5.41, 5.74) is 1.21. The van der Waals surface area contributed by atoms with Crippen molar-refractivity contribution in [3.63, 3.8) is 0 Å². The smallest absolute Gasteiger partial charge is 0.289 e. The van der Waals surface area contributed by atoms with Crippen LogP contribution in [0.25, 0.3) is 0 Å². The number of benzene rings is 1. The minimum absolute atomic E-state index is 0.0372. The molecule has 0 bridgehead atoms. The molecule has 1 fully saturated rings. The molecule has 1 atom stereocenters. The van der Waals surface area contributed by atoms with Crippen LogP contribution >= 0.6 is 11.6 Å². The van der Waals surface area contributed by atoms with Crippen LogP contribution in [0, 0.1) is 10.1 Å². The third-order valence-corrected chi connectivity index (χ3v) is 5.42. The summed E-state index contributed by atoms with van der Waals surface area (Å²) >= 11 is 5.92. The zero-order valence-electron chi connectivity index (χ0n) is 17.7. The van der Waals surface area contributed by atoms with Crippen molar-refractivity contribution in [2.75, 3.05) is 23.3 Å². The number of nitrogens with one attached hydrogen (secondary N) is 2. The number of anilines is 3. The Hall–Kier alpha value is -2.94. The number of hydrogen-bond donors (Lipinski definition) is 2. The number of nitro benzene ring substituents is 1. The second-order valence-corrected chi connectivity index (χ2v) is 8.09. The fraction of sp³-hybridized carbons (Fsp3) is 0.476. The second-order valence-electron chi connectivity index (χ2n) is 7.68. The molecular weight excluding hydrogens is 420 g/mol. The molecule has 0 unspecified atom stereocenters. The van der Waals surface area contributed by atoms with Crippen LogP contribution < -0.4 is 15.5 Å². The highest BCUT2D eigenvalue weighted by atomic mass is 35.5. The standard InChI is InChI=1S/C21H27ClN6O3/c1-3-4-6-15-12-20(27-10-5-7-17(13-27)23-14(2)29)26-21(24-15)25-16-8-9-18(22)19(11-16)28(30)31/h8-9,11-12,17H,3-7,10,13H2,1-2H3,(H,23,29)(H,24,25,26)/t17-/m1/s1. The molecule has 1 saturated heterocycles. The van der Waals surface area contributed by atoms with Crippen molar-refractivity contribution >= 4 is 40.6 Å². The van der Waals surface area contributed by atoms with Gasteiger partial charge in [-0.1, -0.05) is 24.9 Å². The Morgan fingerprint density at radius 1 is 1.35 bits per heavy atom. The Morgan fingerprint density at radius 3 is 2.87 bits per heavy atom. The number of aromatic nitrogens is 2. The molecule has 0 spiro atoms. The summed E-state index contributed by atoms with van der Waals surface area (Å²) in [4.78, 5) is 33.5. The molecule has 0 saturated carbocycles. The molecule has 1 aliphatic heterocycles. The molecule has 0 radical (unpaired) electrons. The maximum Gasteiger partial charge on any atom is 0.289 e. The van der Waals surface area contributed by atoms with E-state index >= 15 is 0 Å². The van der Waals surface area contributed by atoms with Crippen molar-refractivity contribution in [2.45, 2.75) is 52.0 Å². The zero-order valence-corrected chi connectivity index (χ0v) is 18.5. The van der Waals surface area contributed by atoms with Gasteiger partial charge in [-0.05, 0) is 37.8 Å². The van der Waals surface area contributed by atoms with E-state index in [1.807, 2.05) is 6.07 Å². The average molecular weight is 447 g/mol. The molecule has 9 nitrogen and oxygen atoms in total. The van der Waals surface area contributed by atoms with Gasteiger partial charge in [0.25, 0.3) is 5.69 Å². The molecule has 1 aliphatic rings. The molecule has 2 heterocycles. The van der Waals surface area contributed by atoms with E-state index in [1.54, 1.807) is 6.07 Å². The fourth-order valence-electron chi connectivity index (χ4n) is 3.64. The van der Waals surface area contributed by atoms with Gasteiger partial charge in [0.2, 0.25) is 11.9 Å². The Bertz CT molecular complexity index is 955. The summed E-state index contributed by atoms with van der Waals surface area (Å²) in [5.74, 6) is 1.12. The second kappa shape index (κ2) is 10.4. The highest BCUT2D eigenvalue weighted by molar-refractivity contribution is 6.32. The lowest BCUT2D eigenvalue weighted by Gasteiger charge is -2.34. The number of carbonyl (C=O) groups excluding carboxylic acids is 1. The van der Waals surface area contributed by atoms with Crippen LogP contribution in [-0.4, -0.2) is 39.9 Å². The summed E-state index contributed by atoms with van der Waals surface area (Å²) in [6, 6.07) is 6.58. The molecule has 0 aliphatic carbocycles. The maximum atomic E-state index is 11.5. The van der Waals surface area contributed by atoms with Crippen LogP contribution in [-0.2, 0) is 11.2 Å². The molecule has 166 valence electrons. The number of hydrogen-bond acceptors (Lipinski definition) is 7. The normalized spacial score (nSPS) is 16.1. The predicted octanol–water partition coefficient (Wildman–Crippen LogP) is 4.23. The minimum Gasteiger partial charge on any atom is -0.354 e. The van der Waals surface area contributed by atoms with E-state index in [9.17, 15) is 14.9 Å². The summed E-state index contributed by atoms with van der Waals surface area (Å²) < 4.78 is 0. The van der Waals surface area contributed by atoms with Crippen molar-refractivity contribution in [1.29, 1.82) is 0 Å². The van der Waals surface area contributed by atoms with Gasteiger partial charge in [0.15, 0.2) is 0 Å². The average Bonchev–Trinajstić information content (AvgIpc) is 2.73. The van der Waals surface area contributed by atoms with Gasteiger partial charge in [-0.15, -0.1) is 0 Å². The number of rotatable bonds is 8. The van der Waals surface area contributed by atoms with Gasteiger partial charge in [0.1, 0.15) is 10.8 Å². The minimum atomic E-state index is -0.520. The lowest BCUT2D eigenvalue weighted by atomic mass is 10.1. The van der Waals surface area contributed by atoms with Gasteiger partial charge in [0.05, 0.1) is 4.92 Å². The predicted molar refractivity (Wildman–Crippen MR) is 121 cm³/mol. The van der Waals surface area contributed by atoms with Gasteiger partial charge in [-0.2, -0.15) is 4.98 Å². The van der Waals surface area contributed by atoms with Gasteiger partial charge >= 0.3 is 0 Å². The van der Waals surface area contributed by atoms with Crippen LogP contribution in [0.15, 0.2) is 24.3 Å². The van der Waals surface area contributed by atoms with Crippen LogP contribution in [0.1, 0.15) is 45.2 Å². The van der Waals surface area contributed by atoms with Crippen LogP contribution in [0.3, 0.4) is 0 Å². The van der Waals surface area contributed by atoms with Crippen LogP contribution in [0.2, 0.25) is 5.02 Å². The molecule has 3 rings (SSSR count). The van der Waals surface area contributed by atoms with Crippen molar-refractivity contribution in [2.24, 2.45) is 0 Å². The molecule has 31 heavy (non-hydrogen) atoms. The first-order valence-electron chi connectivity index (χ1n) is 10.5. The van der Waals surface area contributed by atoms with E-state index in [1.165, 1.54) is 19.1 Å². The first kappa shape index (κ1) is 22.7. The number of nitro groups is 1. The van der Waals surface area contributed by atoms with Gasteiger partial charge in [-0.25, -0.2) is 4.98 Å². The third kappa shape index (κ3) is 6.27. The SMILES string of the molecule is CCCCc1cc(N2CCC[C@@H](NC(C)=O)C2)nc(Nc2ccc(Cl)c([N+](=O)[O-])c2)n1. The van der Waals surface area contributed by atoms with E-state index in [4.69, 9.17) is 11.6 Å². The highest BCUT2D eigenvalue weighted by Crippen LogP contribution is 2.29. The number of carbonyl (C=O) groups is 1. The molecule has 2 aromatic rings. The molecule has 2 N–H and O–H groups in total. The molecule has 1 aromatic heterocycles. The summed E-state index contributed by atoms with van der Waals surface area (Å²) in [7, 11) is 0. The van der Waals surface area contributed by atoms with E-state index in [0.29, 0.717) is 18.2 Å². The summed E-state index contributed by atoms with van der Waals surface area (Å²) in [6.45, 7) is 5.17. The van der Waals surface area contributed by atoms with Gasteiger partial charge in [-0.3, -0.25) is 14.9 Å². The lowest BCUT2D eigenvalue weighted by molar-refractivity contribution is -0.384. The number of unbranched alkanes of at least 4 members (excludes halogenated alkanes) is 1. The number of nitrogens with zero attached hydrogens (tertiary/aromatic N) is 4. The lowest BCUT2D eigenvalue weighted by Crippen LogP contribution is -2.47. The third-order valence-electron chi connectivity index (χ3n) is 5.10. The number of halogens is 1. The van der Waals surface area contributed by atoms with E-state index in [2.05, 4.69) is 32.4 Å². The highest BCUT2D eigenvalue weighted by Gasteiger charge is 2.22. The zero-order chi connectivity index (χ0) is 22.4. The first-order valence-corrected chi connectivity index (χ1v) is 10.8. The first-order chi connectivity index (χ1) is 14.9. The van der Waals surface area contributed by atoms with Crippen molar-refractivity contribution in [3.8, 4) is 0 Å². The van der Waals surface area contributed by atoms with Crippen LogP contribution in [0.5, 0.6) is 0 Å². The quantitative estimate of drug-likeness (QED) is 0.460. The number of aryl methyl sites for hydroxylation is 1. The van der Waals surface area contributed by atoms with E-state index in [-0.39, 0.29) is 22.7 Å². The Kier molecular flexibility index (Phi) is 7.62. The maximum absolute atomic E-state index is 11.5. The molecule has 1 amide bonds. The number of piperidine rings is 1. The molecule has 1 aromatic carbocycles. The van der Waals surface area contributed by atoms with Gasteiger partial charge in [0, 0.05) is 49.6 Å². The fourth-order valence-corrected chi connectivity index (χ4v) is 3.82. The summed E-state index contributed by atoms with van der Waals surface area (Å²) in [6.07, 6.45) is 4.73. The summed E-state index contributed by atoms with van der Waals surface area (Å²) in [5, 5.41) is 17.3. The molecule has 10 heteroatoms. The van der Waals surface area contributed by atoms with Gasteiger partial charge < -0.3 is 15.5 Å². The number of amides is 1. The largest absolute Gasteiger partial charge is 0.354 e. The van der Waals surface area contributed by atoms with Crippen molar-refractivity contribution in [3.05, 3.63) is 45.1 Å². The van der Waals surface area contributed by atoms with E-state index in [0.717, 1.165) is 50.2 Å². The Morgan fingerprint density at radius 2 is 2.16 bits per heavy atom. The monoisotopic (exact) mass is 446 g/mol. The Balaban J connectivity index is 1.87.